The predicted octanol–water partition coefficient (Wildman–Crippen LogP) is 2.55. The highest BCUT2D eigenvalue weighted by molar-refractivity contribution is 7.92. The number of ether oxygens (including phenoxy) is 2. The van der Waals surface area contributed by atoms with Gasteiger partial charge in [0.05, 0.1) is 37.4 Å². The molecule has 1 unspecified atom stereocenters. The lowest BCUT2D eigenvalue weighted by molar-refractivity contribution is -0.116. The standard InChI is InChI=1S/C19H20F2N2O6S/c1-11(23(30(4,26)27)13-6-7-14(20)15(21)10-13)18(24)22-16-9-12(19(25)29-3)5-8-17(16)28-2/h5-11H,1-4H3,(H,22,24). The minimum Gasteiger partial charge on any atom is -0.495 e. The molecule has 8 nitrogen and oxygen atoms in total. The number of hydrogen-bond acceptors (Lipinski definition) is 6. The average molecular weight is 442 g/mol. The van der Waals surface area contributed by atoms with Gasteiger partial charge in [0.2, 0.25) is 15.9 Å². The van der Waals surface area contributed by atoms with E-state index in [0.29, 0.717) is 10.4 Å². The van der Waals surface area contributed by atoms with E-state index in [1.165, 1.54) is 39.3 Å². The van der Waals surface area contributed by atoms with Gasteiger partial charge in [-0.2, -0.15) is 0 Å². The summed E-state index contributed by atoms with van der Waals surface area (Å²) >= 11 is 0. The maximum atomic E-state index is 13.6. The van der Waals surface area contributed by atoms with Crippen LogP contribution in [0.4, 0.5) is 20.2 Å². The minimum absolute atomic E-state index is 0.0935. The SMILES string of the molecule is COC(=O)c1ccc(OC)c(NC(=O)C(C)N(c2ccc(F)c(F)c2)S(C)(=O)=O)c1. The van der Waals surface area contributed by atoms with Gasteiger partial charge in [-0.25, -0.2) is 22.0 Å². The second kappa shape index (κ2) is 9.08. The number of carbonyl (C=O) groups is 2. The first-order valence-corrected chi connectivity index (χ1v) is 10.4. The Morgan fingerprint density at radius 2 is 1.73 bits per heavy atom. The molecule has 0 fully saturated rings. The van der Waals surface area contributed by atoms with Crippen molar-refractivity contribution < 1.29 is 36.3 Å². The molecule has 2 aromatic rings. The summed E-state index contributed by atoms with van der Waals surface area (Å²) in [5.74, 6) is -3.66. The van der Waals surface area contributed by atoms with Gasteiger partial charge in [0.1, 0.15) is 11.8 Å². The highest BCUT2D eigenvalue weighted by atomic mass is 32.2. The third-order valence-electron chi connectivity index (χ3n) is 4.12. The quantitative estimate of drug-likeness (QED) is 0.662. The zero-order valence-electron chi connectivity index (χ0n) is 16.6. The molecular formula is C19H20F2N2O6S. The Bertz CT molecular complexity index is 1070. The van der Waals surface area contributed by atoms with Crippen molar-refractivity contribution in [3.8, 4) is 5.75 Å². The number of carbonyl (C=O) groups excluding carboxylic acids is 2. The molecule has 1 amide bonds. The van der Waals surface area contributed by atoms with E-state index in [1.54, 1.807) is 0 Å². The van der Waals surface area contributed by atoms with Gasteiger partial charge in [-0.05, 0) is 37.3 Å². The smallest absolute Gasteiger partial charge is 0.337 e. The molecule has 162 valence electrons. The van der Waals surface area contributed by atoms with Crippen LogP contribution in [0.25, 0.3) is 0 Å². The van der Waals surface area contributed by atoms with E-state index in [-0.39, 0.29) is 22.7 Å². The van der Waals surface area contributed by atoms with Gasteiger partial charge in [-0.15, -0.1) is 0 Å². The Hall–Kier alpha value is -3.21. The van der Waals surface area contributed by atoms with Crippen LogP contribution in [0, 0.1) is 11.6 Å². The molecule has 0 aliphatic rings. The van der Waals surface area contributed by atoms with E-state index in [2.05, 4.69) is 10.1 Å². The topological polar surface area (TPSA) is 102 Å². The summed E-state index contributed by atoms with van der Waals surface area (Å²) in [4.78, 5) is 24.5. The Balaban J connectivity index is 2.41. The van der Waals surface area contributed by atoms with Crippen molar-refractivity contribution >= 4 is 33.3 Å². The lowest BCUT2D eigenvalue weighted by Gasteiger charge is -2.28. The molecule has 1 N–H and O–H groups in total. The number of methoxy groups -OCH3 is 2. The largest absolute Gasteiger partial charge is 0.495 e. The van der Waals surface area contributed by atoms with Crippen LogP contribution in [0.15, 0.2) is 36.4 Å². The number of rotatable bonds is 7. The molecule has 0 aliphatic heterocycles. The summed E-state index contributed by atoms with van der Waals surface area (Å²) in [5, 5.41) is 2.48. The minimum atomic E-state index is -4.05. The number of benzene rings is 2. The summed E-state index contributed by atoms with van der Waals surface area (Å²) < 4.78 is 61.9. The molecular weight excluding hydrogens is 422 g/mol. The molecule has 0 radical (unpaired) electrons. The molecule has 2 rings (SSSR count). The normalized spacial score (nSPS) is 12.1. The van der Waals surface area contributed by atoms with Crippen LogP contribution in [-0.4, -0.2) is 46.8 Å². The fraction of sp³-hybridized carbons (Fsp3) is 0.263. The van der Waals surface area contributed by atoms with Crippen LogP contribution in [0.1, 0.15) is 17.3 Å². The molecule has 2 aromatic carbocycles. The van der Waals surface area contributed by atoms with Crippen LogP contribution >= 0.6 is 0 Å². The highest BCUT2D eigenvalue weighted by Crippen LogP contribution is 2.28. The lowest BCUT2D eigenvalue weighted by atomic mass is 10.1. The van der Waals surface area contributed by atoms with Crippen LogP contribution in [0.2, 0.25) is 0 Å². The molecule has 0 saturated heterocycles. The number of anilines is 2. The molecule has 30 heavy (non-hydrogen) atoms. The number of halogens is 2. The summed E-state index contributed by atoms with van der Waals surface area (Å²) in [6.07, 6.45) is 0.830. The zero-order valence-corrected chi connectivity index (χ0v) is 17.4. The molecule has 0 bridgehead atoms. The Kier molecular flexibility index (Phi) is 6.98. The van der Waals surface area contributed by atoms with Gasteiger partial charge >= 0.3 is 5.97 Å². The number of nitrogens with zero attached hydrogens (tertiary/aromatic N) is 1. The molecule has 0 aromatic heterocycles. The van der Waals surface area contributed by atoms with Crippen LogP contribution in [0.5, 0.6) is 5.75 Å². The van der Waals surface area contributed by atoms with Crippen molar-refractivity contribution in [1.29, 1.82) is 0 Å². The van der Waals surface area contributed by atoms with E-state index < -0.39 is 39.6 Å². The van der Waals surface area contributed by atoms with Crippen molar-refractivity contribution in [3.63, 3.8) is 0 Å². The molecule has 11 heteroatoms. The number of esters is 1. The molecule has 1 atom stereocenters. The summed E-state index contributed by atoms with van der Waals surface area (Å²) in [6, 6.07) is 5.29. The third-order valence-corrected chi connectivity index (χ3v) is 5.37. The number of amides is 1. The van der Waals surface area contributed by atoms with Gasteiger partial charge in [-0.1, -0.05) is 0 Å². The number of nitrogens with one attached hydrogen (secondary N) is 1. The molecule has 0 saturated carbocycles. The molecule has 0 aliphatic carbocycles. The fourth-order valence-corrected chi connectivity index (χ4v) is 3.89. The first-order valence-electron chi connectivity index (χ1n) is 8.51. The van der Waals surface area contributed by atoms with E-state index in [0.717, 1.165) is 18.4 Å². The van der Waals surface area contributed by atoms with E-state index in [4.69, 9.17) is 4.74 Å². The van der Waals surface area contributed by atoms with Crippen molar-refractivity contribution in [2.24, 2.45) is 0 Å². The zero-order chi connectivity index (χ0) is 22.6. The first kappa shape index (κ1) is 23.1. The van der Waals surface area contributed by atoms with Gasteiger partial charge in [0.15, 0.2) is 11.6 Å². The van der Waals surface area contributed by atoms with Crippen LogP contribution in [-0.2, 0) is 19.6 Å². The number of sulfonamides is 1. The Morgan fingerprint density at radius 1 is 1.07 bits per heavy atom. The maximum absolute atomic E-state index is 13.6. The van der Waals surface area contributed by atoms with E-state index in [1.807, 2.05) is 0 Å². The van der Waals surface area contributed by atoms with Crippen LogP contribution in [0.3, 0.4) is 0 Å². The van der Waals surface area contributed by atoms with Gasteiger partial charge < -0.3 is 14.8 Å². The van der Waals surface area contributed by atoms with Gasteiger partial charge in [0.25, 0.3) is 0 Å². The summed E-state index contributed by atoms with van der Waals surface area (Å²) in [6.45, 7) is 1.27. The van der Waals surface area contributed by atoms with E-state index >= 15 is 0 Å². The predicted molar refractivity (Wildman–Crippen MR) is 106 cm³/mol. The highest BCUT2D eigenvalue weighted by Gasteiger charge is 2.30. The first-order chi connectivity index (χ1) is 14.0. The molecule has 0 spiro atoms. The van der Waals surface area contributed by atoms with Crippen LogP contribution < -0.4 is 14.4 Å². The van der Waals surface area contributed by atoms with Crippen molar-refractivity contribution in [2.45, 2.75) is 13.0 Å². The van der Waals surface area contributed by atoms with Gasteiger partial charge in [-0.3, -0.25) is 9.10 Å². The Labute approximate surface area is 172 Å². The third kappa shape index (κ3) is 5.03. The Morgan fingerprint density at radius 3 is 2.27 bits per heavy atom. The second-order valence-corrected chi connectivity index (χ2v) is 8.09. The maximum Gasteiger partial charge on any atom is 0.337 e. The summed E-state index contributed by atoms with van der Waals surface area (Å²) in [5.41, 5.74) is -0.00728. The number of hydrogen-bond donors (Lipinski definition) is 1. The summed E-state index contributed by atoms with van der Waals surface area (Å²) in [7, 11) is -1.51. The average Bonchev–Trinajstić information content (AvgIpc) is 2.68. The van der Waals surface area contributed by atoms with Crippen molar-refractivity contribution in [3.05, 3.63) is 53.6 Å². The monoisotopic (exact) mass is 442 g/mol. The molecule has 0 heterocycles. The van der Waals surface area contributed by atoms with E-state index in [9.17, 15) is 26.8 Å². The second-order valence-electron chi connectivity index (χ2n) is 6.23. The van der Waals surface area contributed by atoms with Crippen molar-refractivity contribution in [1.82, 2.24) is 0 Å². The van der Waals surface area contributed by atoms with Gasteiger partial charge in [0, 0.05) is 6.07 Å². The lowest BCUT2D eigenvalue weighted by Crippen LogP contribution is -2.45. The fourth-order valence-electron chi connectivity index (χ4n) is 2.72. The van der Waals surface area contributed by atoms with Crippen molar-refractivity contribution in [2.75, 3.05) is 30.1 Å².